The Morgan fingerprint density at radius 1 is 1.31 bits per heavy atom. The Hall–Kier alpha value is -3.03. The van der Waals surface area contributed by atoms with E-state index in [9.17, 15) is 13.6 Å². The number of imidazole rings is 1. The molecule has 0 bridgehead atoms. The molecule has 1 unspecified atom stereocenters. The summed E-state index contributed by atoms with van der Waals surface area (Å²) in [6.45, 7) is 6.80. The van der Waals surface area contributed by atoms with Gasteiger partial charge < -0.3 is 14.3 Å². The van der Waals surface area contributed by atoms with Gasteiger partial charge in [-0.15, -0.1) is 0 Å². The predicted molar refractivity (Wildman–Crippen MR) is 104 cm³/mol. The van der Waals surface area contributed by atoms with Gasteiger partial charge in [-0.05, 0) is 17.5 Å². The molecule has 0 saturated carbocycles. The Morgan fingerprint density at radius 3 is 2.76 bits per heavy atom. The molecule has 1 aromatic carbocycles. The molecule has 0 aliphatic heterocycles. The highest BCUT2D eigenvalue weighted by Crippen LogP contribution is 2.25. The van der Waals surface area contributed by atoms with Gasteiger partial charge in [0.05, 0.1) is 24.1 Å². The number of hydrogen-bond acceptors (Lipinski definition) is 4. The molecule has 3 aromatic rings. The van der Waals surface area contributed by atoms with Gasteiger partial charge in [0.25, 0.3) is 0 Å². The van der Waals surface area contributed by atoms with E-state index in [1.165, 1.54) is 12.3 Å². The molecular formula is C21H24F2N4O2. The van der Waals surface area contributed by atoms with Crippen LogP contribution in [-0.4, -0.2) is 26.5 Å². The monoisotopic (exact) mass is 402 g/mol. The fourth-order valence-electron chi connectivity index (χ4n) is 2.87. The third-order valence-corrected chi connectivity index (χ3v) is 4.65. The van der Waals surface area contributed by atoms with Crippen LogP contribution in [0, 0.1) is 17.0 Å². The summed E-state index contributed by atoms with van der Waals surface area (Å²) in [6, 6.07) is 3.16. The molecule has 0 spiro atoms. The number of aromatic nitrogens is 3. The fourth-order valence-corrected chi connectivity index (χ4v) is 2.87. The van der Waals surface area contributed by atoms with Crippen molar-refractivity contribution in [2.45, 2.75) is 46.2 Å². The van der Waals surface area contributed by atoms with Crippen molar-refractivity contribution in [2.75, 3.05) is 0 Å². The van der Waals surface area contributed by atoms with E-state index in [2.05, 4.69) is 36.1 Å². The molecule has 8 heteroatoms. The highest BCUT2D eigenvalue weighted by Gasteiger charge is 2.26. The van der Waals surface area contributed by atoms with Crippen molar-refractivity contribution in [3.05, 3.63) is 60.6 Å². The molecule has 2 heterocycles. The molecule has 0 radical (unpaired) electrons. The van der Waals surface area contributed by atoms with Crippen LogP contribution in [-0.2, 0) is 17.8 Å². The fraction of sp³-hybridized carbons (Fsp3) is 0.381. The topological polar surface area (TPSA) is 73.0 Å². The summed E-state index contributed by atoms with van der Waals surface area (Å²) in [6.07, 6.45) is 7.10. The molecule has 6 nitrogen and oxygen atoms in total. The number of benzene rings is 1. The van der Waals surface area contributed by atoms with Crippen molar-refractivity contribution in [3.8, 4) is 11.3 Å². The van der Waals surface area contributed by atoms with Gasteiger partial charge in [0.15, 0.2) is 11.7 Å². The lowest BCUT2D eigenvalue weighted by molar-refractivity contribution is -0.122. The van der Waals surface area contributed by atoms with Gasteiger partial charge in [-0.1, -0.05) is 20.8 Å². The Labute approximate surface area is 168 Å². The molecule has 1 N–H and O–H groups in total. The van der Waals surface area contributed by atoms with Gasteiger partial charge in [0, 0.05) is 37.8 Å². The number of amides is 1. The molecule has 29 heavy (non-hydrogen) atoms. The molecule has 0 saturated heterocycles. The zero-order valence-electron chi connectivity index (χ0n) is 16.7. The van der Waals surface area contributed by atoms with Crippen LogP contribution in [0.1, 0.15) is 33.1 Å². The lowest BCUT2D eigenvalue weighted by atomic mass is 9.86. The Bertz CT molecular complexity index is 961. The zero-order valence-corrected chi connectivity index (χ0v) is 16.7. The Morgan fingerprint density at radius 2 is 2.10 bits per heavy atom. The summed E-state index contributed by atoms with van der Waals surface area (Å²) in [5, 5.41) is 3.06. The minimum absolute atomic E-state index is 0.0855. The molecule has 0 fully saturated rings. The average molecular weight is 402 g/mol. The first-order chi connectivity index (χ1) is 13.7. The van der Waals surface area contributed by atoms with Gasteiger partial charge in [-0.2, -0.15) is 0 Å². The molecule has 1 atom stereocenters. The normalized spacial score (nSPS) is 12.7. The summed E-state index contributed by atoms with van der Waals surface area (Å²) in [5.74, 6) is -0.992. The van der Waals surface area contributed by atoms with Crippen molar-refractivity contribution in [1.29, 1.82) is 0 Å². The number of carbonyl (C=O) groups excluding carboxylic acids is 1. The predicted octanol–water partition coefficient (Wildman–Crippen LogP) is 3.98. The minimum atomic E-state index is -0.724. The largest absolute Gasteiger partial charge is 0.441 e. The maximum atomic E-state index is 13.9. The molecule has 3 rings (SSSR count). The molecular weight excluding hydrogens is 378 g/mol. The van der Waals surface area contributed by atoms with Gasteiger partial charge in [0.1, 0.15) is 11.6 Å². The summed E-state index contributed by atoms with van der Waals surface area (Å²) in [4.78, 5) is 20.6. The first kappa shape index (κ1) is 20.7. The van der Waals surface area contributed by atoms with Crippen LogP contribution in [0.5, 0.6) is 0 Å². The SMILES string of the molecule is CC(C)(C)C(Cn1ccnc1)NC(=O)CCc1ncc(-c2ccc(F)cc2F)o1. The van der Waals surface area contributed by atoms with Crippen LogP contribution in [0.25, 0.3) is 11.3 Å². The average Bonchev–Trinajstić information content (AvgIpc) is 3.30. The molecule has 2 aromatic heterocycles. The second-order valence-electron chi connectivity index (χ2n) is 7.99. The minimum Gasteiger partial charge on any atom is -0.441 e. The van der Waals surface area contributed by atoms with Gasteiger partial charge in [-0.25, -0.2) is 18.7 Å². The summed E-state index contributed by atoms with van der Waals surface area (Å²) in [7, 11) is 0. The van der Waals surface area contributed by atoms with Crippen molar-refractivity contribution in [2.24, 2.45) is 5.41 Å². The van der Waals surface area contributed by atoms with Gasteiger partial charge in [0.2, 0.25) is 5.91 Å². The third kappa shape index (κ3) is 5.49. The highest BCUT2D eigenvalue weighted by atomic mass is 19.1. The summed E-state index contributed by atoms with van der Waals surface area (Å²) >= 11 is 0. The molecule has 1 amide bonds. The number of halogens is 2. The number of nitrogens with zero attached hydrogens (tertiary/aromatic N) is 3. The van der Waals surface area contributed by atoms with Crippen LogP contribution in [0.3, 0.4) is 0 Å². The van der Waals surface area contributed by atoms with E-state index in [4.69, 9.17) is 4.42 Å². The van der Waals surface area contributed by atoms with Crippen LogP contribution < -0.4 is 5.32 Å². The van der Waals surface area contributed by atoms with Crippen molar-refractivity contribution >= 4 is 5.91 Å². The van der Waals surface area contributed by atoms with E-state index in [1.807, 2.05) is 10.8 Å². The maximum Gasteiger partial charge on any atom is 0.220 e. The van der Waals surface area contributed by atoms with E-state index in [0.29, 0.717) is 12.4 Å². The number of carbonyl (C=O) groups is 1. The van der Waals surface area contributed by atoms with Crippen LogP contribution >= 0.6 is 0 Å². The number of aryl methyl sites for hydroxylation is 1. The highest BCUT2D eigenvalue weighted by molar-refractivity contribution is 5.76. The lowest BCUT2D eigenvalue weighted by Gasteiger charge is -2.31. The van der Waals surface area contributed by atoms with E-state index in [1.54, 1.807) is 12.5 Å². The molecule has 0 aliphatic rings. The second-order valence-corrected chi connectivity index (χ2v) is 7.99. The van der Waals surface area contributed by atoms with Gasteiger partial charge in [-0.3, -0.25) is 4.79 Å². The number of hydrogen-bond donors (Lipinski definition) is 1. The number of oxazole rings is 1. The number of nitrogens with one attached hydrogen (secondary N) is 1. The Balaban J connectivity index is 1.59. The van der Waals surface area contributed by atoms with Crippen LogP contribution in [0.15, 0.2) is 47.5 Å². The maximum absolute atomic E-state index is 13.9. The third-order valence-electron chi connectivity index (χ3n) is 4.65. The first-order valence-corrected chi connectivity index (χ1v) is 9.37. The van der Waals surface area contributed by atoms with Crippen molar-refractivity contribution in [3.63, 3.8) is 0 Å². The van der Waals surface area contributed by atoms with E-state index in [0.717, 1.165) is 12.1 Å². The number of rotatable bonds is 7. The van der Waals surface area contributed by atoms with Crippen LogP contribution in [0.4, 0.5) is 8.78 Å². The van der Waals surface area contributed by atoms with Crippen molar-refractivity contribution < 1.29 is 18.0 Å². The standard InChI is InChI=1S/C21H24F2N4O2/c1-21(2,3)18(12-27-9-8-24-13-27)26-19(28)6-7-20-25-11-17(29-20)15-5-4-14(22)10-16(15)23/h4-5,8-11,13,18H,6-7,12H2,1-3H3,(H,26,28). The van der Waals surface area contributed by atoms with E-state index < -0.39 is 11.6 Å². The quantitative estimate of drug-likeness (QED) is 0.649. The second kappa shape index (κ2) is 8.55. The van der Waals surface area contributed by atoms with Crippen molar-refractivity contribution in [1.82, 2.24) is 19.9 Å². The Kier molecular flexibility index (Phi) is 6.10. The van der Waals surface area contributed by atoms with E-state index in [-0.39, 0.29) is 41.5 Å². The van der Waals surface area contributed by atoms with Crippen LogP contribution in [0.2, 0.25) is 0 Å². The molecule has 0 aliphatic carbocycles. The first-order valence-electron chi connectivity index (χ1n) is 9.37. The smallest absolute Gasteiger partial charge is 0.220 e. The molecule has 154 valence electrons. The lowest BCUT2D eigenvalue weighted by Crippen LogP contribution is -2.46. The van der Waals surface area contributed by atoms with Gasteiger partial charge >= 0.3 is 0 Å². The summed E-state index contributed by atoms with van der Waals surface area (Å²) < 4.78 is 34.4. The van der Waals surface area contributed by atoms with E-state index >= 15 is 0 Å². The summed E-state index contributed by atoms with van der Waals surface area (Å²) in [5.41, 5.74) is -0.0152. The zero-order chi connectivity index (χ0) is 21.0.